The molecule has 0 saturated heterocycles. The Morgan fingerprint density at radius 2 is 2.23 bits per heavy atom. The van der Waals surface area contributed by atoms with Crippen molar-refractivity contribution in [2.75, 3.05) is 12.6 Å². The van der Waals surface area contributed by atoms with Crippen LogP contribution in [0.15, 0.2) is 35.7 Å². The van der Waals surface area contributed by atoms with Crippen molar-refractivity contribution in [3.05, 3.63) is 47.7 Å². The van der Waals surface area contributed by atoms with Crippen molar-refractivity contribution in [3.63, 3.8) is 0 Å². The molecule has 0 amide bonds. The molecule has 0 fully saturated rings. The number of halogens is 1. The second-order valence-electron chi connectivity index (χ2n) is 5.96. The van der Waals surface area contributed by atoms with Gasteiger partial charge in [0.1, 0.15) is 11.2 Å². The number of pyridine rings is 1. The number of carbonyl (C=O) groups is 1. The molecule has 0 aliphatic carbocycles. The Hall–Kier alpha value is -2.55. The van der Waals surface area contributed by atoms with E-state index in [9.17, 15) is 9.18 Å². The molecular weight excluding hydrogens is 357 g/mol. The van der Waals surface area contributed by atoms with E-state index in [-0.39, 0.29) is 23.8 Å². The van der Waals surface area contributed by atoms with Gasteiger partial charge in [-0.05, 0) is 31.0 Å². The smallest absolute Gasteiger partial charge is 0.234 e. The standard InChI is InChI=1S/C17H18FN5O2S/c1-17(3-5-26-16(19)23-17)14-7-11(2-4-20-14)6-13(24)12-8-22-15(9-21-12)25-10-18/h2,4,7-9H,3,5-6,10H2,1H3,(H2,19,23)/t17-/m0/s1. The van der Waals surface area contributed by atoms with Gasteiger partial charge >= 0.3 is 0 Å². The molecule has 7 nitrogen and oxygen atoms in total. The van der Waals surface area contributed by atoms with Crippen LogP contribution in [0.2, 0.25) is 0 Å². The highest BCUT2D eigenvalue weighted by molar-refractivity contribution is 8.13. The maximum Gasteiger partial charge on any atom is 0.234 e. The summed E-state index contributed by atoms with van der Waals surface area (Å²) in [5.74, 6) is 0.710. The van der Waals surface area contributed by atoms with Gasteiger partial charge in [-0.2, -0.15) is 0 Å². The minimum absolute atomic E-state index is 0.0359. The monoisotopic (exact) mass is 375 g/mol. The first-order chi connectivity index (χ1) is 12.5. The molecule has 26 heavy (non-hydrogen) atoms. The molecule has 0 radical (unpaired) electrons. The molecule has 9 heteroatoms. The molecule has 2 N–H and O–H groups in total. The van der Waals surface area contributed by atoms with Gasteiger partial charge in [-0.25, -0.2) is 19.4 Å². The fraction of sp³-hybridized carbons (Fsp3) is 0.353. The first kappa shape index (κ1) is 18.2. The van der Waals surface area contributed by atoms with Crippen LogP contribution < -0.4 is 10.5 Å². The first-order valence-electron chi connectivity index (χ1n) is 7.98. The van der Waals surface area contributed by atoms with E-state index in [1.807, 2.05) is 13.0 Å². The molecule has 0 saturated carbocycles. The summed E-state index contributed by atoms with van der Waals surface area (Å²) in [5.41, 5.74) is 7.15. The third kappa shape index (κ3) is 4.16. The van der Waals surface area contributed by atoms with Gasteiger partial charge in [-0.1, -0.05) is 11.8 Å². The van der Waals surface area contributed by atoms with Crippen LogP contribution >= 0.6 is 11.8 Å². The normalized spacial score (nSPS) is 19.7. The molecule has 0 unspecified atom stereocenters. The number of ether oxygens (including phenoxy) is 1. The van der Waals surface area contributed by atoms with E-state index in [0.29, 0.717) is 5.17 Å². The minimum Gasteiger partial charge on any atom is -0.445 e. The van der Waals surface area contributed by atoms with Crippen LogP contribution in [0.3, 0.4) is 0 Å². The van der Waals surface area contributed by atoms with Crippen molar-refractivity contribution < 1.29 is 13.9 Å². The van der Waals surface area contributed by atoms with Crippen LogP contribution in [0.1, 0.15) is 35.1 Å². The van der Waals surface area contributed by atoms with E-state index in [0.717, 1.165) is 23.4 Å². The zero-order valence-corrected chi connectivity index (χ0v) is 15.0. The highest BCUT2D eigenvalue weighted by Crippen LogP contribution is 2.34. The molecule has 3 rings (SSSR count). The summed E-state index contributed by atoms with van der Waals surface area (Å²) in [5, 5.41) is 0.549. The van der Waals surface area contributed by atoms with Crippen LogP contribution in [0, 0.1) is 0 Å². The minimum atomic E-state index is -0.994. The lowest BCUT2D eigenvalue weighted by atomic mass is 9.93. The number of aromatic nitrogens is 3. The van der Waals surface area contributed by atoms with Crippen LogP contribution in [0.5, 0.6) is 5.88 Å². The van der Waals surface area contributed by atoms with Gasteiger partial charge in [0.25, 0.3) is 0 Å². The molecule has 1 atom stereocenters. The topological polar surface area (TPSA) is 103 Å². The molecule has 0 aromatic carbocycles. The van der Waals surface area contributed by atoms with Gasteiger partial charge in [0, 0.05) is 18.4 Å². The van der Waals surface area contributed by atoms with E-state index >= 15 is 0 Å². The van der Waals surface area contributed by atoms with Gasteiger partial charge in [-0.3, -0.25) is 9.78 Å². The molecule has 2 aromatic rings. The van der Waals surface area contributed by atoms with Crippen molar-refractivity contribution in [1.82, 2.24) is 15.0 Å². The van der Waals surface area contributed by atoms with Crippen molar-refractivity contribution in [2.24, 2.45) is 10.7 Å². The maximum absolute atomic E-state index is 12.4. The Kier molecular flexibility index (Phi) is 5.46. The lowest BCUT2D eigenvalue weighted by Gasteiger charge is -2.28. The number of thioether (sulfide) groups is 1. The highest BCUT2D eigenvalue weighted by atomic mass is 32.2. The van der Waals surface area contributed by atoms with Gasteiger partial charge in [0.2, 0.25) is 12.7 Å². The number of Topliss-reactive ketones (excluding diaryl/α,β-unsaturated/α-hetero) is 1. The summed E-state index contributed by atoms with van der Waals surface area (Å²) in [6, 6.07) is 3.65. The second kappa shape index (κ2) is 7.77. The zero-order valence-electron chi connectivity index (χ0n) is 14.2. The summed E-state index contributed by atoms with van der Waals surface area (Å²) in [6.07, 6.45) is 5.14. The van der Waals surface area contributed by atoms with Gasteiger partial charge in [0.15, 0.2) is 11.0 Å². The lowest BCUT2D eigenvalue weighted by molar-refractivity contribution is 0.0987. The average molecular weight is 375 g/mol. The number of nitrogens with two attached hydrogens (primary N) is 1. The van der Waals surface area contributed by atoms with Crippen LogP contribution in [-0.2, 0) is 12.0 Å². The van der Waals surface area contributed by atoms with Crippen molar-refractivity contribution in [1.29, 1.82) is 0 Å². The molecule has 3 heterocycles. The largest absolute Gasteiger partial charge is 0.445 e. The van der Waals surface area contributed by atoms with E-state index in [4.69, 9.17) is 5.73 Å². The highest BCUT2D eigenvalue weighted by Gasteiger charge is 2.31. The van der Waals surface area contributed by atoms with Crippen LogP contribution in [-0.4, -0.2) is 38.5 Å². The van der Waals surface area contributed by atoms with Gasteiger partial charge in [0.05, 0.1) is 18.1 Å². The van der Waals surface area contributed by atoms with Gasteiger partial charge < -0.3 is 10.5 Å². The predicted octanol–water partition coefficient (Wildman–Crippen LogP) is 2.27. The number of alkyl halides is 1. The zero-order chi connectivity index (χ0) is 18.6. The number of nitrogens with zero attached hydrogens (tertiary/aromatic N) is 4. The van der Waals surface area contributed by atoms with Crippen molar-refractivity contribution in [2.45, 2.75) is 25.3 Å². The first-order valence-corrected chi connectivity index (χ1v) is 8.96. The summed E-state index contributed by atoms with van der Waals surface area (Å²) < 4.78 is 16.7. The van der Waals surface area contributed by atoms with E-state index in [2.05, 4.69) is 24.7 Å². The molecule has 0 bridgehead atoms. The Balaban J connectivity index is 1.76. The molecular formula is C17H18FN5O2S. The Labute approximate surface area is 154 Å². The Morgan fingerprint density at radius 1 is 1.38 bits per heavy atom. The number of carbonyl (C=O) groups excluding carboxylic acids is 1. The maximum atomic E-state index is 12.4. The van der Waals surface area contributed by atoms with Crippen LogP contribution in [0.25, 0.3) is 0 Å². The SMILES string of the molecule is C[C@@]1(c2cc(CC(=O)c3cnc(OCF)cn3)ccn2)CCSC(N)=N1. The molecule has 136 valence electrons. The van der Waals surface area contributed by atoms with Gasteiger partial charge in [-0.15, -0.1) is 0 Å². The number of hydrogen-bond donors (Lipinski definition) is 1. The molecule has 1 aliphatic rings. The van der Waals surface area contributed by atoms with Crippen LogP contribution in [0.4, 0.5) is 4.39 Å². The summed E-state index contributed by atoms with van der Waals surface area (Å²) >= 11 is 1.53. The van der Waals surface area contributed by atoms with E-state index in [1.54, 1.807) is 12.3 Å². The number of amidine groups is 1. The van der Waals surface area contributed by atoms with Crippen molar-refractivity contribution in [3.8, 4) is 5.88 Å². The van der Waals surface area contributed by atoms with E-state index < -0.39 is 12.4 Å². The molecule has 1 aliphatic heterocycles. The number of ketones is 1. The van der Waals surface area contributed by atoms with Crippen molar-refractivity contribution >= 4 is 22.7 Å². The number of aliphatic imine (C=N–C) groups is 1. The number of rotatable bonds is 6. The summed E-state index contributed by atoms with van der Waals surface area (Å²) in [7, 11) is 0. The number of hydrogen-bond acceptors (Lipinski definition) is 8. The third-order valence-corrected chi connectivity index (χ3v) is 4.85. The lowest BCUT2D eigenvalue weighted by Crippen LogP contribution is -2.29. The quantitative estimate of drug-likeness (QED) is 0.773. The summed E-state index contributed by atoms with van der Waals surface area (Å²) in [4.78, 5) is 29.2. The Bertz CT molecular complexity index is 830. The summed E-state index contributed by atoms with van der Waals surface area (Å²) in [6.45, 7) is 0.995. The fourth-order valence-corrected chi connectivity index (χ4v) is 3.59. The molecule has 0 spiro atoms. The second-order valence-corrected chi connectivity index (χ2v) is 7.08. The Morgan fingerprint density at radius 3 is 2.92 bits per heavy atom. The fourth-order valence-electron chi connectivity index (χ4n) is 2.62. The van der Waals surface area contributed by atoms with E-state index in [1.165, 1.54) is 24.2 Å². The molecule has 2 aromatic heterocycles. The average Bonchev–Trinajstić information content (AvgIpc) is 2.63. The third-order valence-electron chi connectivity index (χ3n) is 4.05. The predicted molar refractivity (Wildman–Crippen MR) is 97.0 cm³/mol.